The number of nitrogens with two attached hydrogens (primary N) is 1. The van der Waals surface area contributed by atoms with E-state index in [0.29, 0.717) is 40.2 Å². The van der Waals surface area contributed by atoms with Crippen molar-refractivity contribution in [2.24, 2.45) is 10.7 Å². The van der Waals surface area contributed by atoms with Crippen LogP contribution in [0.3, 0.4) is 0 Å². The monoisotopic (exact) mass is 570 g/mol. The van der Waals surface area contributed by atoms with Crippen LogP contribution in [0.2, 0.25) is 0 Å². The summed E-state index contributed by atoms with van der Waals surface area (Å²) in [5, 5.41) is 14.1. The van der Waals surface area contributed by atoms with Crippen LogP contribution in [0.15, 0.2) is 86.6 Å². The van der Waals surface area contributed by atoms with E-state index in [1.807, 2.05) is 67.4 Å². The number of fused-ring (bicyclic) bond motifs is 1. The van der Waals surface area contributed by atoms with Crippen molar-refractivity contribution in [2.45, 2.75) is 18.4 Å². The first-order chi connectivity index (χ1) is 19.4. The Balaban J connectivity index is 1.54. The summed E-state index contributed by atoms with van der Waals surface area (Å²) in [6, 6.07) is 22.7. The molecule has 5 rings (SSSR count). The number of amides is 2. The SMILES string of the molecule is CCNc1ccc(C#N)cc1N=C1SC(=C2Sc3ccc(OCC(N)=O)cc3N2C)C(=O)N1Cc1ccccc1. The van der Waals surface area contributed by atoms with Gasteiger partial charge in [-0.1, -0.05) is 42.1 Å². The lowest BCUT2D eigenvalue weighted by Crippen LogP contribution is -2.29. The summed E-state index contributed by atoms with van der Waals surface area (Å²) < 4.78 is 5.48. The van der Waals surface area contributed by atoms with Gasteiger partial charge in [-0.15, -0.1) is 0 Å². The van der Waals surface area contributed by atoms with Crippen LogP contribution in [-0.4, -0.2) is 42.1 Å². The number of primary amides is 1. The molecule has 0 radical (unpaired) electrons. The minimum absolute atomic E-state index is 0.151. The second-order valence-electron chi connectivity index (χ2n) is 8.93. The molecule has 3 aromatic rings. The van der Waals surface area contributed by atoms with Gasteiger partial charge in [0, 0.05) is 24.6 Å². The highest BCUT2D eigenvalue weighted by atomic mass is 32.2. The summed E-state index contributed by atoms with van der Waals surface area (Å²) in [6.07, 6.45) is 0. The molecule has 2 aliphatic heterocycles. The molecule has 0 atom stereocenters. The summed E-state index contributed by atoms with van der Waals surface area (Å²) in [5.41, 5.74) is 8.91. The lowest BCUT2D eigenvalue weighted by Gasteiger charge is -2.17. The van der Waals surface area contributed by atoms with Crippen LogP contribution in [-0.2, 0) is 16.1 Å². The van der Waals surface area contributed by atoms with Crippen molar-refractivity contribution in [3.8, 4) is 11.8 Å². The molecule has 1 saturated heterocycles. The van der Waals surface area contributed by atoms with Crippen molar-refractivity contribution in [1.29, 1.82) is 5.26 Å². The lowest BCUT2D eigenvalue weighted by molar-refractivity contribution is -0.122. The standard InChI is InChI=1S/C29H26N6O3S2/c1-3-32-21-11-9-19(15-30)13-22(21)33-29-35(16-18-7-5-4-6-8-18)27(37)26(40-29)28-34(2)23-14-20(38-17-25(31)36)10-12-24(23)39-28/h4-14,32H,3,16-17H2,1-2H3,(H2,31,36). The molecule has 0 unspecified atom stereocenters. The Labute approximate surface area is 240 Å². The van der Waals surface area contributed by atoms with Gasteiger partial charge in [0.05, 0.1) is 40.3 Å². The van der Waals surface area contributed by atoms with Crippen LogP contribution >= 0.6 is 23.5 Å². The van der Waals surface area contributed by atoms with Gasteiger partial charge in [0.1, 0.15) is 10.7 Å². The maximum absolute atomic E-state index is 14.0. The molecule has 9 nitrogen and oxygen atoms in total. The van der Waals surface area contributed by atoms with Crippen LogP contribution in [0.1, 0.15) is 18.1 Å². The summed E-state index contributed by atoms with van der Waals surface area (Å²) in [5.74, 6) is -0.189. The van der Waals surface area contributed by atoms with Crippen LogP contribution in [0.4, 0.5) is 17.1 Å². The smallest absolute Gasteiger partial charge is 0.269 e. The van der Waals surface area contributed by atoms with Crippen molar-refractivity contribution in [1.82, 2.24) is 4.90 Å². The summed E-state index contributed by atoms with van der Waals surface area (Å²) >= 11 is 2.80. The van der Waals surface area contributed by atoms with Crippen molar-refractivity contribution in [3.63, 3.8) is 0 Å². The number of carbonyl (C=O) groups excluding carboxylic acids is 2. The molecular weight excluding hydrogens is 544 g/mol. The lowest BCUT2D eigenvalue weighted by atomic mass is 10.2. The van der Waals surface area contributed by atoms with Gasteiger partial charge >= 0.3 is 0 Å². The van der Waals surface area contributed by atoms with E-state index in [2.05, 4.69) is 11.4 Å². The number of nitrogens with one attached hydrogen (secondary N) is 1. The van der Waals surface area contributed by atoms with E-state index < -0.39 is 5.91 Å². The third-order valence-electron chi connectivity index (χ3n) is 6.14. The third kappa shape index (κ3) is 5.64. The van der Waals surface area contributed by atoms with Gasteiger partial charge < -0.3 is 20.7 Å². The first kappa shape index (κ1) is 27.2. The van der Waals surface area contributed by atoms with E-state index >= 15 is 0 Å². The van der Waals surface area contributed by atoms with Crippen molar-refractivity contribution >= 4 is 57.6 Å². The van der Waals surface area contributed by atoms with Gasteiger partial charge in [-0.2, -0.15) is 5.26 Å². The topological polar surface area (TPSA) is 124 Å². The number of amidine groups is 1. The fraction of sp³-hybridized carbons (Fsp3) is 0.172. The average Bonchev–Trinajstić information content (AvgIpc) is 3.44. The number of ether oxygens (including phenoxy) is 1. The molecule has 0 aromatic heterocycles. The predicted molar refractivity (Wildman–Crippen MR) is 159 cm³/mol. The number of hydrogen-bond acceptors (Lipinski definition) is 9. The van der Waals surface area contributed by atoms with Gasteiger partial charge in [-0.25, -0.2) is 4.99 Å². The minimum atomic E-state index is -0.554. The fourth-order valence-corrected chi connectivity index (χ4v) is 6.55. The first-order valence-corrected chi connectivity index (χ1v) is 14.1. The number of hydrogen-bond donors (Lipinski definition) is 2. The van der Waals surface area contributed by atoms with E-state index in [9.17, 15) is 14.9 Å². The van der Waals surface area contributed by atoms with Crippen LogP contribution < -0.4 is 20.7 Å². The fourth-order valence-electron chi connectivity index (χ4n) is 4.23. The molecule has 2 amide bonds. The zero-order valence-electron chi connectivity index (χ0n) is 21.9. The summed E-state index contributed by atoms with van der Waals surface area (Å²) in [6.45, 7) is 2.81. The second-order valence-corrected chi connectivity index (χ2v) is 10.9. The molecule has 1 fully saturated rings. The number of rotatable bonds is 8. The molecule has 2 heterocycles. The Morgan fingerprint density at radius 2 is 1.93 bits per heavy atom. The van der Waals surface area contributed by atoms with E-state index in [1.54, 1.807) is 23.1 Å². The second kappa shape index (κ2) is 11.8. The Morgan fingerprint density at radius 3 is 2.65 bits per heavy atom. The zero-order valence-corrected chi connectivity index (χ0v) is 23.5. The zero-order chi connectivity index (χ0) is 28.2. The Kier molecular flexibility index (Phi) is 8.00. The maximum atomic E-state index is 14.0. The molecule has 40 heavy (non-hydrogen) atoms. The number of benzene rings is 3. The first-order valence-electron chi connectivity index (χ1n) is 12.5. The molecule has 0 bridgehead atoms. The largest absolute Gasteiger partial charge is 0.484 e. The van der Waals surface area contributed by atoms with Gasteiger partial charge in [0.2, 0.25) is 0 Å². The van der Waals surface area contributed by atoms with Crippen molar-refractivity contribution in [3.05, 3.63) is 87.8 Å². The quantitative estimate of drug-likeness (QED) is 0.362. The third-order valence-corrected chi connectivity index (χ3v) is 8.57. The molecule has 3 N–H and O–H groups in total. The van der Waals surface area contributed by atoms with Gasteiger partial charge in [0.15, 0.2) is 11.8 Å². The Hall–Kier alpha value is -4.40. The highest BCUT2D eigenvalue weighted by Gasteiger charge is 2.39. The van der Waals surface area contributed by atoms with E-state index in [1.165, 1.54) is 23.5 Å². The van der Waals surface area contributed by atoms with Crippen molar-refractivity contribution < 1.29 is 14.3 Å². The molecule has 2 aliphatic rings. The van der Waals surface area contributed by atoms with Gasteiger partial charge in [0.25, 0.3) is 11.8 Å². The number of thioether (sulfide) groups is 2. The Bertz CT molecular complexity index is 1580. The van der Waals surface area contributed by atoms with Crippen molar-refractivity contribution in [2.75, 3.05) is 30.4 Å². The van der Waals surface area contributed by atoms with Gasteiger partial charge in [-0.3, -0.25) is 14.5 Å². The molecule has 0 spiro atoms. The Morgan fingerprint density at radius 1 is 1.12 bits per heavy atom. The number of nitriles is 1. The van der Waals surface area contributed by atoms with E-state index in [0.717, 1.165) is 26.9 Å². The minimum Gasteiger partial charge on any atom is -0.484 e. The van der Waals surface area contributed by atoms with E-state index in [-0.39, 0.29) is 12.5 Å². The molecule has 11 heteroatoms. The highest BCUT2D eigenvalue weighted by Crippen LogP contribution is 2.51. The number of aliphatic imine (C=N–C) groups is 1. The van der Waals surface area contributed by atoms with Crippen LogP contribution in [0.5, 0.6) is 5.75 Å². The number of carbonyl (C=O) groups is 2. The molecule has 0 aliphatic carbocycles. The van der Waals surface area contributed by atoms with E-state index in [4.69, 9.17) is 15.5 Å². The van der Waals surface area contributed by atoms with Crippen LogP contribution in [0, 0.1) is 11.3 Å². The molecule has 202 valence electrons. The predicted octanol–water partition coefficient (Wildman–Crippen LogP) is 5.03. The normalized spacial score (nSPS) is 17.2. The summed E-state index contributed by atoms with van der Waals surface area (Å²) in [4.78, 5) is 35.1. The average molecular weight is 571 g/mol. The van der Waals surface area contributed by atoms with Crippen LogP contribution in [0.25, 0.3) is 0 Å². The molecule has 0 saturated carbocycles. The number of anilines is 2. The highest BCUT2D eigenvalue weighted by molar-refractivity contribution is 8.19. The molecule has 3 aromatic carbocycles. The summed E-state index contributed by atoms with van der Waals surface area (Å²) in [7, 11) is 1.89. The molecular formula is C29H26N6O3S2. The number of nitrogens with zero attached hydrogens (tertiary/aromatic N) is 4. The maximum Gasteiger partial charge on any atom is 0.269 e. The van der Waals surface area contributed by atoms with Gasteiger partial charge in [-0.05, 0) is 54.6 Å².